The van der Waals surface area contributed by atoms with Crippen LogP contribution in [0.25, 0.3) is 0 Å². The van der Waals surface area contributed by atoms with Crippen molar-refractivity contribution in [1.82, 2.24) is 0 Å². The fourth-order valence-electron chi connectivity index (χ4n) is 2.62. The number of nitrogen functional groups attached to an aromatic ring is 1. The molecule has 3 aromatic rings. The molecule has 2 nitrogen and oxygen atoms in total. The number of hydrogen-bond acceptors (Lipinski definition) is 2. The molecule has 3 aromatic carbocycles. The van der Waals surface area contributed by atoms with E-state index in [9.17, 15) is 0 Å². The third kappa shape index (κ3) is 5.49. The highest BCUT2D eigenvalue weighted by molar-refractivity contribution is 7.55. The molecule has 3 rings (SSSR count). The minimum absolute atomic E-state index is 0.777. The molecule has 3 N–H and O–H groups in total. The number of rotatable bonds is 3. The number of nitrogens with two attached hydrogens (primary N) is 1. The molecule has 0 radical (unpaired) electrons. The summed E-state index contributed by atoms with van der Waals surface area (Å²) in [6.45, 7) is 6.19. The maximum absolute atomic E-state index is 5.35. The molecular weight excluding hydrogens is 311 g/mol. The maximum Gasteiger partial charge on any atom is 0.0543 e. The lowest BCUT2D eigenvalue weighted by Crippen LogP contribution is -2.09. The summed E-state index contributed by atoms with van der Waals surface area (Å²) in [5.74, 6) is 5.35. The van der Waals surface area contributed by atoms with Crippen LogP contribution in [-0.4, -0.2) is 0 Å². The van der Waals surface area contributed by atoms with Crippen molar-refractivity contribution in [2.75, 3.05) is 5.43 Å². The molecule has 0 bridgehead atoms. The molecule has 0 unspecified atom stereocenters. The second-order valence-electron chi connectivity index (χ2n) is 5.78. The lowest BCUT2D eigenvalue weighted by Gasteiger charge is -2.09. The predicted octanol–water partition coefficient (Wildman–Crippen LogP) is 4.21. The number of aryl methyl sites for hydroxylation is 3. The molecule has 0 aliphatic rings. The van der Waals surface area contributed by atoms with Gasteiger partial charge in [0.25, 0.3) is 0 Å². The molecular formula is C21H25N2P. The SMILES string of the molecule is Cc1cc(C)c(NN)c(C)c1.c1ccc(Pc2ccccc2)cc1. The monoisotopic (exact) mass is 336 g/mol. The average molecular weight is 336 g/mol. The summed E-state index contributed by atoms with van der Waals surface area (Å²) < 4.78 is 0. The first-order valence-electron chi connectivity index (χ1n) is 8.01. The van der Waals surface area contributed by atoms with E-state index in [0.717, 1.165) is 14.3 Å². The topological polar surface area (TPSA) is 38.0 Å². The number of anilines is 1. The Balaban J connectivity index is 0.000000177. The van der Waals surface area contributed by atoms with Crippen molar-refractivity contribution in [3.63, 3.8) is 0 Å². The van der Waals surface area contributed by atoms with Crippen LogP contribution in [0.4, 0.5) is 5.69 Å². The molecule has 124 valence electrons. The van der Waals surface area contributed by atoms with Crippen LogP contribution in [0, 0.1) is 20.8 Å². The van der Waals surface area contributed by atoms with E-state index in [1.54, 1.807) is 0 Å². The lowest BCUT2D eigenvalue weighted by atomic mass is 10.1. The molecule has 0 spiro atoms. The number of hydrogen-bond donors (Lipinski definition) is 2. The molecule has 0 fully saturated rings. The minimum atomic E-state index is 0.777. The van der Waals surface area contributed by atoms with Gasteiger partial charge in [-0.15, -0.1) is 0 Å². The highest BCUT2D eigenvalue weighted by Crippen LogP contribution is 2.20. The molecule has 0 saturated carbocycles. The second-order valence-corrected chi connectivity index (χ2v) is 7.18. The third-order valence-electron chi connectivity index (χ3n) is 3.66. The Morgan fingerprint density at radius 1 is 0.708 bits per heavy atom. The van der Waals surface area contributed by atoms with E-state index in [2.05, 4.69) is 99.0 Å². The standard InChI is InChI=1S/C12H11P.C9H14N2/c1-3-7-11(8-4-1)13-12-9-5-2-6-10-12;1-6-4-7(2)9(11-10)8(3)5-6/h1-10,13H;4-5,11H,10H2,1-3H3. The zero-order valence-corrected chi connectivity index (χ0v) is 15.5. The first-order valence-corrected chi connectivity index (χ1v) is 9.01. The number of nitrogens with one attached hydrogen (secondary N) is 1. The van der Waals surface area contributed by atoms with E-state index < -0.39 is 0 Å². The van der Waals surface area contributed by atoms with Gasteiger partial charge in [0.15, 0.2) is 0 Å². The van der Waals surface area contributed by atoms with Gasteiger partial charge in [-0.3, -0.25) is 5.84 Å². The number of benzene rings is 3. The molecule has 0 aromatic heterocycles. The van der Waals surface area contributed by atoms with Crippen LogP contribution in [0.2, 0.25) is 0 Å². The maximum atomic E-state index is 5.35. The van der Waals surface area contributed by atoms with Gasteiger partial charge in [-0.2, -0.15) is 0 Å². The van der Waals surface area contributed by atoms with Crippen LogP contribution in [-0.2, 0) is 0 Å². The molecule has 0 saturated heterocycles. The molecule has 0 aliphatic heterocycles. The van der Waals surface area contributed by atoms with Gasteiger partial charge >= 0.3 is 0 Å². The van der Waals surface area contributed by atoms with E-state index in [4.69, 9.17) is 5.84 Å². The summed E-state index contributed by atoms with van der Waals surface area (Å²) in [5.41, 5.74) is 7.40. The average Bonchev–Trinajstić information content (AvgIpc) is 2.57. The van der Waals surface area contributed by atoms with Gasteiger partial charge in [-0.05, 0) is 42.5 Å². The Labute approximate surface area is 146 Å². The first-order chi connectivity index (χ1) is 11.6. The fourth-order valence-corrected chi connectivity index (χ4v) is 3.67. The van der Waals surface area contributed by atoms with E-state index >= 15 is 0 Å². The number of hydrazine groups is 1. The normalized spacial score (nSPS) is 9.83. The summed E-state index contributed by atoms with van der Waals surface area (Å²) >= 11 is 0. The van der Waals surface area contributed by atoms with Gasteiger partial charge in [-0.1, -0.05) is 86.9 Å². The summed E-state index contributed by atoms with van der Waals surface area (Å²) in [4.78, 5) is 0. The van der Waals surface area contributed by atoms with E-state index in [1.165, 1.54) is 27.3 Å². The Morgan fingerprint density at radius 3 is 1.50 bits per heavy atom. The quantitative estimate of drug-likeness (QED) is 0.427. The summed E-state index contributed by atoms with van der Waals surface area (Å²) in [6.07, 6.45) is 0. The van der Waals surface area contributed by atoms with Crippen molar-refractivity contribution < 1.29 is 0 Å². The van der Waals surface area contributed by atoms with Crippen molar-refractivity contribution in [2.45, 2.75) is 20.8 Å². The van der Waals surface area contributed by atoms with Gasteiger partial charge in [0.05, 0.1) is 5.69 Å². The lowest BCUT2D eigenvalue weighted by molar-refractivity contribution is 1.25. The van der Waals surface area contributed by atoms with Crippen molar-refractivity contribution in [3.8, 4) is 0 Å². The molecule has 24 heavy (non-hydrogen) atoms. The van der Waals surface area contributed by atoms with Crippen LogP contribution in [0.15, 0.2) is 72.8 Å². The van der Waals surface area contributed by atoms with Crippen LogP contribution in [0.5, 0.6) is 0 Å². The molecule has 0 amide bonds. The largest absolute Gasteiger partial charge is 0.324 e. The summed E-state index contributed by atoms with van der Waals surface area (Å²) in [6, 6.07) is 25.4. The van der Waals surface area contributed by atoms with Gasteiger partial charge in [0.2, 0.25) is 0 Å². The third-order valence-corrected chi connectivity index (χ3v) is 4.90. The molecule has 0 atom stereocenters. The fraction of sp³-hybridized carbons (Fsp3) is 0.143. The van der Waals surface area contributed by atoms with Crippen molar-refractivity contribution in [1.29, 1.82) is 0 Å². The van der Waals surface area contributed by atoms with Gasteiger partial charge in [0, 0.05) is 0 Å². The Kier molecular flexibility index (Phi) is 6.99. The van der Waals surface area contributed by atoms with Gasteiger partial charge in [-0.25, -0.2) is 0 Å². The van der Waals surface area contributed by atoms with Gasteiger partial charge in [0.1, 0.15) is 0 Å². The van der Waals surface area contributed by atoms with Crippen LogP contribution < -0.4 is 21.9 Å². The summed E-state index contributed by atoms with van der Waals surface area (Å²) in [5, 5.41) is 2.79. The zero-order valence-electron chi connectivity index (χ0n) is 14.5. The van der Waals surface area contributed by atoms with E-state index in [1.807, 2.05) is 0 Å². The highest BCUT2D eigenvalue weighted by Gasteiger charge is 2.00. The van der Waals surface area contributed by atoms with Gasteiger partial charge < -0.3 is 5.43 Å². The van der Waals surface area contributed by atoms with Crippen molar-refractivity contribution in [3.05, 3.63) is 89.5 Å². The Hall–Kier alpha value is -2.15. The van der Waals surface area contributed by atoms with Crippen molar-refractivity contribution >= 4 is 24.9 Å². The smallest absolute Gasteiger partial charge is 0.0543 e. The Morgan fingerprint density at radius 2 is 1.12 bits per heavy atom. The van der Waals surface area contributed by atoms with Crippen LogP contribution in [0.1, 0.15) is 16.7 Å². The zero-order chi connectivity index (χ0) is 17.4. The minimum Gasteiger partial charge on any atom is -0.324 e. The van der Waals surface area contributed by atoms with Crippen molar-refractivity contribution in [2.24, 2.45) is 5.84 Å². The highest BCUT2D eigenvalue weighted by atomic mass is 31.1. The first kappa shape index (κ1) is 18.2. The van der Waals surface area contributed by atoms with E-state index in [-0.39, 0.29) is 0 Å². The molecule has 3 heteroatoms. The van der Waals surface area contributed by atoms with E-state index in [0.29, 0.717) is 0 Å². The summed E-state index contributed by atoms with van der Waals surface area (Å²) in [7, 11) is 0.777. The predicted molar refractivity (Wildman–Crippen MR) is 109 cm³/mol. The molecule has 0 aliphatic carbocycles. The Bertz CT molecular complexity index is 695. The van der Waals surface area contributed by atoms with Crippen LogP contribution >= 0.6 is 8.58 Å². The van der Waals surface area contributed by atoms with Crippen LogP contribution in [0.3, 0.4) is 0 Å². The second kappa shape index (κ2) is 9.22. The molecule has 0 heterocycles.